The number of benzene rings is 1. The van der Waals surface area contributed by atoms with E-state index in [1.54, 1.807) is 6.92 Å². The van der Waals surface area contributed by atoms with Gasteiger partial charge in [-0.3, -0.25) is 0 Å². The van der Waals surface area contributed by atoms with Crippen LogP contribution in [0.2, 0.25) is 0 Å². The Kier molecular flexibility index (Phi) is 2.19. The molecule has 1 aromatic rings. The lowest BCUT2D eigenvalue weighted by Crippen LogP contribution is -2.02. The summed E-state index contributed by atoms with van der Waals surface area (Å²) in [6.07, 6.45) is 0. The first-order valence-electron chi connectivity index (χ1n) is 4.51. The predicted molar refractivity (Wildman–Crippen MR) is 58.1 cm³/mol. The zero-order chi connectivity index (χ0) is 11.3. The highest BCUT2D eigenvalue weighted by Crippen LogP contribution is 2.34. The lowest BCUT2D eigenvalue weighted by atomic mass is 9.95. The largest absolute Gasteiger partial charge is 0.386 e. The number of ether oxygens (including phenoxy) is 1. The van der Waals surface area contributed by atoms with Gasteiger partial charge in [0, 0.05) is 4.47 Å². The maximum absolute atomic E-state index is 11.5. The van der Waals surface area contributed by atoms with Gasteiger partial charge in [-0.2, -0.15) is 0 Å². The summed E-state index contributed by atoms with van der Waals surface area (Å²) in [4.78, 5) is 22.9. The summed E-state index contributed by atoms with van der Waals surface area (Å²) in [6, 6.07) is 0. The van der Waals surface area contributed by atoms with Gasteiger partial charge in [-0.05, 0) is 37.5 Å². The molecule has 78 valence electrons. The highest BCUT2D eigenvalue weighted by atomic mass is 79.9. The molecular weight excluding hydrogens is 260 g/mol. The molecule has 4 heteroatoms. The van der Waals surface area contributed by atoms with Gasteiger partial charge in [0.2, 0.25) is 0 Å². The fraction of sp³-hybridized carbons (Fsp3) is 0.273. The highest BCUT2D eigenvalue weighted by molar-refractivity contribution is 9.10. The Morgan fingerprint density at radius 2 is 1.33 bits per heavy atom. The van der Waals surface area contributed by atoms with E-state index in [4.69, 9.17) is 0 Å². The van der Waals surface area contributed by atoms with Gasteiger partial charge in [0.15, 0.2) is 0 Å². The number of rotatable bonds is 0. The summed E-state index contributed by atoms with van der Waals surface area (Å²) >= 11 is 3.41. The average Bonchev–Trinajstić information content (AvgIpc) is 2.47. The number of hydrogen-bond acceptors (Lipinski definition) is 3. The van der Waals surface area contributed by atoms with Crippen LogP contribution in [0, 0.1) is 20.8 Å². The van der Waals surface area contributed by atoms with E-state index in [2.05, 4.69) is 20.7 Å². The zero-order valence-corrected chi connectivity index (χ0v) is 10.2. The Morgan fingerprint density at radius 3 is 1.87 bits per heavy atom. The van der Waals surface area contributed by atoms with E-state index in [1.165, 1.54) is 0 Å². The van der Waals surface area contributed by atoms with Gasteiger partial charge in [-0.15, -0.1) is 0 Å². The van der Waals surface area contributed by atoms with Gasteiger partial charge in [0.05, 0.1) is 11.1 Å². The van der Waals surface area contributed by atoms with Gasteiger partial charge >= 0.3 is 11.9 Å². The van der Waals surface area contributed by atoms with Crippen LogP contribution in [-0.4, -0.2) is 11.9 Å². The van der Waals surface area contributed by atoms with Crippen molar-refractivity contribution in [2.24, 2.45) is 0 Å². The molecule has 3 nitrogen and oxygen atoms in total. The number of carbonyl (C=O) groups is 2. The van der Waals surface area contributed by atoms with Crippen molar-refractivity contribution in [2.75, 3.05) is 0 Å². The van der Waals surface area contributed by atoms with Crippen molar-refractivity contribution in [1.29, 1.82) is 0 Å². The van der Waals surface area contributed by atoms with Crippen LogP contribution in [-0.2, 0) is 4.74 Å². The van der Waals surface area contributed by atoms with Crippen LogP contribution in [0.25, 0.3) is 0 Å². The van der Waals surface area contributed by atoms with Gasteiger partial charge < -0.3 is 4.74 Å². The third kappa shape index (κ3) is 1.24. The van der Waals surface area contributed by atoms with Crippen molar-refractivity contribution in [3.63, 3.8) is 0 Å². The minimum absolute atomic E-state index is 0.398. The summed E-state index contributed by atoms with van der Waals surface area (Å²) in [6.45, 7) is 5.52. The molecular formula is C11H9BrO3. The van der Waals surface area contributed by atoms with Crippen LogP contribution >= 0.6 is 15.9 Å². The van der Waals surface area contributed by atoms with Crippen molar-refractivity contribution in [3.8, 4) is 0 Å². The first kappa shape index (κ1) is 10.4. The molecule has 0 unspecified atom stereocenters. The van der Waals surface area contributed by atoms with E-state index in [1.807, 2.05) is 13.8 Å². The lowest BCUT2D eigenvalue weighted by molar-refractivity contribution is 0.0443. The number of carbonyl (C=O) groups excluding carboxylic acids is 2. The Morgan fingerprint density at radius 1 is 0.867 bits per heavy atom. The first-order chi connectivity index (χ1) is 6.95. The van der Waals surface area contributed by atoms with E-state index in [-0.39, 0.29) is 0 Å². The number of hydrogen-bond donors (Lipinski definition) is 0. The topological polar surface area (TPSA) is 43.4 Å². The fourth-order valence-corrected chi connectivity index (χ4v) is 2.31. The Labute approximate surface area is 95.6 Å². The summed E-state index contributed by atoms with van der Waals surface area (Å²) in [5.41, 5.74) is 3.35. The second kappa shape index (κ2) is 3.17. The molecule has 1 aromatic carbocycles. The smallest absolute Gasteiger partial charge is 0.347 e. The average molecular weight is 269 g/mol. The minimum atomic E-state index is -0.545. The van der Waals surface area contributed by atoms with Crippen LogP contribution in [0.15, 0.2) is 4.47 Å². The van der Waals surface area contributed by atoms with Gasteiger partial charge in [-0.1, -0.05) is 15.9 Å². The first-order valence-corrected chi connectivity index (χ1v) is 5.30. The van der Waals surface area contributed by atoms with Crippen LogP contribution in [0.5, 0.6) is 0 Å². The Hall–Kier alpha value is -1.16. The molecule has 0 radical (unpaired) electrons. The van der Waals surface area contributed by atoms with Crippen molar-refractivity contribution < 1.29 is 14.3 Å². The van der Waals surface area contributed by atoms with Gasteiger partial charge in [0.1, 0.15) is 0 Å². The summed E-state index contributed by atoms with van der Waals surface area (Å²) < 4.78 is 5.47. The zero-order valence-electron chi connectivity index (χ0n) is 8.60. The van der Waals surface area contributed by atoms with Crippen LogP contribution < -0.4 is 0 Å². The third-order valence-corrected chi connectivity index (χ3v) is 4.00. The second-order valence-electron chi connectivity index (χ2n) is 3.62. The summed E-state index contributed by atoms with van der Waals surface area (Å²) in [5.74, 6) is -1.08. The fourth-order valence-electron chi connectivity index (χ4n) is 1.81. The van der Waals surface area contributed by atoms with E-state index in [0.29, 0.717) is 11.1 Å². The molecule has 15 heavy (non-hydrogen) atoms. The van der Waals surface area contributed by atoms with E-state index in [0.717, 1.165) is 21.2 Å². The standard InChI is InChI=1S/C11H9BrO3/c1-4-5(2)9(12)6(3)8-7(4)10(13)15-11(8)14/h1-3H3. The molecule has 0 saturated heterocycles. The van der Waals surface area contributed by atoms with Gasteiger partial charge in [-0.25, -0.2) is 9.59 Å². The maximum atomic E-state index is 11.5. The molecule has 0 spiro atoms. The van der Waals surface area contributed by atoms with Crippen LogP contribution in [0.1, 0.15) is 37.4 Å². The van der Waals surface area contributed by atoms with Crippen molar-refractivity contribution in [3.05, 3.63) is 32.3 Å². The van der Waals surface area contributed by atoms with E-state index < -0.39 is 11.9 Å². The summed E-state index contributed by atoms with van der Waals surface area (Å²) in [7, 11) is 0. The molecule has 0 atom stereocenters. The van der Waals surface area contributed by atoms with Crippen molar-refractivity contribution in [1.82, 2.24) is 0 Å². The maximum Gasteiger partial charge on any atom is 0.347 e. The molecule has 1 aliphatic rings. The normalized spacial score (nSPS) is 14.1. The molecule has 2 rings (SSSR count). The summed E-state index contributed by atoms with van der Waals surface area (Å²) in [5, 5.41) is 0. The quantitative estimate of drug-likeness (QED) is 0.537. The molecule has 0 bridgehead atoms. The van der Waals surface area contributed by atoms with E-state index >= 15 is 0 Å². The monoisotopic (exact) mass is 268 g/mol. The molecule has 0 aromatic heterocycles. The Balaban J connectivity index is 2.92. The van der Waals surface area contributed by atoms with Crippen molar-refractivity contribution >= 4 is 27.9 Å². The molecule has 1 aliphatic heterocycles. The molecule has 0 saturated carbocycles. The molecule has 0 amide bonds. The number of halogens is 1. The minimum Gasteiger partial charge on any atom is -0.386 e. The molecule has 0 aliphatic carbocycles. The third-order valence-electron chi connectivity index (χ3n) is 2.81. The number of cyclic esters (lactones) is 2. The van der Waals surface area contributed by atoms with Crippen LogP contribution in [0.4, 0.5) is 0 Å². The number of esters is 2. The van der Waals surface area contributed by atoms with Crippen LogP contribution in [0.3, 0.4) is 0 Å². The lowest BCUT2D eigenvalue weighted by Gasteiger charge is -2.10. The molecule has 1 heterocycles. The van der Waals surface area contributed by atoms with Gasteiger partial charge in [0.25, 0.3) is 0 Å². The molecule has 0 fully saturated rings. The second-order valence-corrected chi connectivity index (χ2v) is 4.41. The van der Waals surface area contributed by atoms with Crippen molar-refractivity contribution in [2.45, 2.75) is 20.8 Å². The highest BCUT2D eigenvalue weighted by Gasteiger charge is 2.34. The number of fused-ring (bicyclic) bond motifs is 1. The predicted octanol–water partition coefficient (Wildman–Crippen LogP) is 2.68. The Bertz CT molecular complexity index is 458. The SMILES string of the molecule is Cc1c(C)c2c(c(C)c1Br)C(=O)OC2=O. The van der Waals surface area contributed by atoms with E-state index in [9.17, 15) is 9.59 Å². The molecule has 0 N–H and O–H groups in total.